The van der Waals surface area contributed by atoms with Gasteiger partial charge in [0.1, 0.15) is 0 Å². The van der Waals surface area contributed by atoms with Gasteiger partial charge in [-0.2, -0.15) is 0 Å². The first-order chi connectivity index (χ1) is 6.70. The molecule has 1 aromatic rings. The molecular weight excluding hydrogens is 216 g/mol. The Balaban J connectivity index is 2.08. The van der Waals surface area contributed by atoms with Crippen molar-refractivity contribution in [2.75, 3.05) is 19.4 Å². The lowest BCUT2D eigenvalue weighted by atomic mass is 9.39. The molecule has 0 unspecified atom stereocenters. The molecule has 0 radical (unpaired) electrons. The fourth-order valence-electron chi connectivity index (χ4n) is 1.81. The van der Waals surface area contributed by atoms with Crippen molar-refractivity contribution in [3.63, 3.8) is 0 Å². The van der Waals surface area contributed by atoms with Crippen molar-refractivity contribution in [2.24, 2.45) is 0 Å². The van der Waals surface area contributed by atoms with Crippen LogP contribution in [0.5, 0.6) is 0 Å². The third-order valence-corrected chi connectivity index (χ3v) is 3.56. The summed E-state index contributed by atoms with van der Waals surface area (Å²) in [5.41, 5.74) is 1.31. The van der Waals surface area contributed by atoms with Crippen LogP contribution in [0.3, 0.4) is 0 Å². The molecule has 74 valence electrons. The molecule has 1 fully saturated rings. The SMILES string of the molecule is CCN1CB(c2ccc(Cl)c(Cl)c2)C1. The van der Waals surface area contributed by atoms with Gasteiger partial charge in [-0.15, -0.1) is 0 Å². The van der Waals surface area contributed by atoms with E-state index >= 15 is 0 Å². The van der Waals surface area contributed by atoms with Gasteiger partial charge in [0.25, 0.3) is 0 Å². The highest BCUT2D eigenvalue weighted by Crippen LogP contribution is 2.20. The number of nitrogens with zero attached hydrogens (tertiary/aromatic N) is 1. The van der Waals surface area contributed by atoms with E-state index in [1.807, 2.05) is 12.1 Å². The van der Waals surface area contributed by atoms with Crippen molar-refractivity contribution >= 4 is 35.4 Å². The number of rotatable bonds is 2. The van der Waals surface area contributed by atoms with Crippen LogP contribution in [0.4, 0.5) is 0 Å². The van der Waals surface area contributed by atoms with Crippen LogP contribution in [0.25, 0.3) is 0 Å². The summed E-state index contributed by atoms with van der Waals surface area (Å²) in [4.78, 5) is 2.41. The van der Waals surface area contributed by atoms with E-state index in [1.165, 1.54) is 5.46 Å². The Morgan fingerprint density at radius 2 is 2.00 bits per heavy atom. The highest BCUT2D eigenvalue weighted by molar-refractivity contribution is 6.76. The van der Waals surface area contributed by atoms with E-state index in [9.17, 15) is 0 Å². The third kappa shape index (κ3) is 1.93. The van der Waals surface area contributed by atoms with E-state index in [0.717, 1.165) is 19.4 Å². The number of hydrogen-bond acceptors (Lipinski definition) is 1. The molecule has 0 bridgehead atoms. The fraction of sp³-hybridized carbons (Fsp3) is 0.400. The highest BCUT2D eigenvalue weighted by atomic mass is 35.5. The van der Waals surface area contributed by atoms with Gasteiger partial charge in [-0.25, -0.2) is 0 Å². The van der Waals surface area contributed by atoms with E-state index in [2.05, 4.69) is 17.9 Å². The Morgan fingerprint density at radius 3 is 2.57 bits per heavy atom. The molecule has 1 aliphatic heterocycles. The molecule has 0 aliphatic carbocycles. The van der Waals surface area contributed by atoms with Crippen LogP contribution in [0.2, 0.25) is 10.0 Å². The standard InChI is InChI=1S/C10H12BCl2N/c1-2-14-6-11(7-14)8-3-4-9(12)10(13)5-8/h3-5H,2,6-7H2,1H3. The summed E-state index contributed by atoms with van der Waals surface area (Å²) in [5.74, 6) is 0. The second-order valence-corrected chi connectivity index (χ2v) is 4.54. The highest BCUT2D eigenvalue weighted by Gasteiger charge is 2.30. The molecule has 14 heavy (non-hydrogen) atoms. The summed E-state index contributed by atoms with van der Waals surface area (Å²) in [6.45, 7) is 3.97. The van der Waals surface area contributed by atoms with E-state index in [4.69, 9.17) is 23.2 Å². The molecule has 0 N–H and O–H groups in total. The molecular formula is C10H12BCl2N. The second kappa shape index (κ2) is 4.14. The lowest BCUT2D eigenvalue weighted by Gasteiger charge is -2.36. The number of hydrogen-bond donors (Lipinski definition) is 0. The minimum absolute atomic E-state index is 0.641. The largest absolute Gasteiger partial charge is 0.317 e. The summed E-state index contributed by atoms with van der Waals surface area (Å²) >= 11 is 11.8. The maximum atomic E-state index is 5.96. The van der Waals surface area contributed by atoms with Crippen LogP contribution >= 0.6 is 23.2 Å². The Bertz CT molecular complexity index is 337. The first-order valence-electron chi connectivity index (χ1n) is 4.88. The molecule has 0 amide bonds. The molecule has 2 rings (SSSR count). The smallest absolute Gasteiger partial charge is 0.205 e. The quantitative estimate of drug-likeness (QED) is 0.700. The van der Waals surface area contributed by atoms with Gasteiger partial charge in [0.15, 0.2) is 0 Å². The van der Waals surface area contributed by atoms with Gasteiger partial charge in [0.05, 0.1) is 10.0 Å². The summed E-state index contributed by atoms with van der Waals surface area (Å²) < 4.78 is 0. The Hall–Kier alpha value is -0.175. The van der Waals surface area contributed by atoms with Crippen LogP contribution in [0.1, 0.15) is 6.92 Å². The number of halogens is 2. The minimum atomic E-state index is 0.641. The van der Waals surface area contributed by atoms with Gasteiger partial charge in [-0.1, -0.05) is 41.7 Å². The Labute approximate surface area is 95.1 Å². The lowest BCUT2D eigenvalue weighted by Crippen LogP contribution is -2.60. The molecule has 0 atom stereocenters. The average Bonchev–Trinajstić information content (AvgIpc) is 2.09. The Kier molecular flexibility index (Phi) is 3.06. The zero-order chi connectivity index (χ0) is 10.1. The zero-order valence-corrected chi connectivity index (χ0v) is 9.65. The summed E-state index contributed by atoms with van der Waals surface area (Å²) in [6, 6.07) is 5.95. The maximum absolute atomic E-state index is 5.96. The predicted molar refractivity (Wildman–Crippen MR) is 64.0 cm³/mol. The molecule has 0 aromatic heterocycles. The van der Waals surface area contributed by atoms with Crippen LogP contribution in [0.15, 0.2) is 18.2 Å². The van der Waals surface area contributed by atoms with Crippen molar-refractivity contribution in [3.05, 3.63) is 28.2 Å². The van der Waals surface area contributed by atoms with Gasteiger partial charge >= 0.3 is 0 Å². The monoisotopic (exact) mass is 227 g/mol. The fourth-order valence-corrected chi connectivity index (χ4v) is 2.11. The molecule has 4 heteroatoms. The topological polar surface area (TPSA) is 3.24 Å². The Morgan fingerprint density at radius 1 is 1.29 bits per heavy atom. The van der Waals surface area contributed by atoms with Gasteiger partial charge < -0.3 is 4.90 Å². The zero-order valence-electron chi connectivity index (χ0n) is 8.13. The van der Waals surface area contributed by atoms with Gasteiger partial charge in [0.2, 0.25) is 6.71 Å². The number of benzene rings is 1. The molecule has 1 aromatic carbocycles. The van der Waals surface area contributed by atoms with Crippen molar-refractivity contribution < 1.29 is 0 Å². The van der Waals surface area contributed by atoms with Gasteiger partial charge in [-0.05, 0) is 31.6 Å². The van der Waals surface area contributed by atoms with Crippen LogP contribution in [0, 0.1) is 0 Å². The van der Waals surface area contributed by atoms with Crippen molar-refractivity contribution in [1.29, 1.82) is 0 Å². The molecule has 1 aliphatic rings. The first-order valence-corrected chi connectivity index (χ1v) is 5.63. The van der Waals surface area contributed by atoms with E-state index in [0.29, 0.717) is 16.8 Å². The molecule has 1 heterocycles. The van der Waals surface area contributed by atoms with Gasteiger partial charge in [0, 0.05) is 0 Å². The normalized spacial score (nSPS) is 16.9. The maximum Gasteiger partial charge on any atom is 0.205 e. The van der Waals surface area contributed by atoms with E-state index in [-0.39, 0.29) is 0 Å². The molecule has 0 spiro atoms. The molecule has 1 saturated heterocycles. The molecule has 0 saturated carbocycles. The summed E-state index contributed by atoms with van der Waals surface area (Å²) in [5, 5.41) is 1.31. The van der Waals surface area contributed by atoms with Gasteiger partial charge in [-0.3, -0.25) is 0 Å². The van der Waals surface area contributed by atoms with E-state index in [1.54, 1.807) is 0 Å². The van der Waals surface area contributed by atoms with Crippen LogP contribution in [-0.2, 0) is 0 Å². The average molecular weight is 228 g/mol. The van der Waals surface area contributed by atoms with E-state index < -0.39 is 0 Å². The van der Waals surface area contributed by atoms with Crippen molar-refractivity contribution in [2.45, 2.75) is 6.92 Å². The van der Waals surface area contributed by atoms with Crippen LogP contribution < -0.4 is 5.46 Å². The molecule has 1 nitrogen and oxygen atoms in total. The van der Waals surface area contributed by atoms with Crippen LogP contribution in [-0.4, -0.2) is 31.0 Å². The second-order valence-electron chi connectivity index (χ2n) is 3.72. The predicted octanol–water partition coefficient (Wildman–Crippen LogP) is 2.11. The summed E-state index contributed by atoms with van der Waals surface area (Å²) in [7, 11) is 0. The summed E-state index contributed by atoms with van der Waals surface area (Å²) in [6.07, 6.45) is 2.29. The van der Waals surface area contributed by atoms with Crippen molar-refractivity contribution in [3.8, 4) is 0 Å². The minimum Gasteiger partial charge on any atom is -0.317 e. The third-order valence-electron chi connectivity index (χ3n) is 2.82. The first kappa shape index (κ1) is 10.3. The lowest BCUT2D eigenvalue weighted by molar-refractivity contribution is 0.339. The van der Waals surface area contributed by atoms with Crippen molar-refractivity contribution in [1.82, 2.24) is 4.90 Å².